The van der Waals surface area contributed by atoms with Crippen molar-refractivity contribution in [1.29, 1.82) is 0 Å². The number of hydrazone groups is 1. The molecule has 0 fully saturated rings. The van der Waals surface area contributed by atoms with Gasteiger partial charge in [0.15, 0.2) is 0 Å². The maximum absolute atomic E-state index is 10.3. The van der Waals surface area contributed by atoms with Crippen molar-refractivity contribution in [3.05, 3.63) is 28.0 Å². The van der Waals surface area contributed by atoms with E-state index in [1.165, 1.54) is 6.07 Å². The molecule has 0 radical (unpaired) electrons. The van der Waals surface area contributed by atoms with Crippen molar-refractivity contribution in [1.82, 2.24) is 5.01 Å². The highest BCUT2D eigenvalue weighted by Crippen LogP contribution is 2.17. The Balaban J connectivity index is 2.02. The Labute approximate surface area is 80.0 Å². The Kier molecular flexibility index (Phi) is 2.18. The first kappa shape index (κ1) is 8.74. The summed E-state index contributed by atoms with van der Waals surface area (Å²) in [6.07, 6.45) is 2.74. The van der Waals surface area contributed by atoms with Gasteiger partial charge in [-0.3, -0.25) is 15.1 Å². The molecule has 14 heavy (non-hydrogen) atoms. The maximum atomic E-state index is 10.3. The van der Waals surface area contributed by atoms with E-state index in [0.717, 1.165) is 13.0 Å². The van der Waals surface area contributed by atoms with Gasteiger partial charge in [0.05, 0.1) is 12.6 Å². The summed E-state index contributed by atoms with van der Waals surface area (Å²) in [7, 11) is 0. The molecule has 6 heteroatoms. The first-order chi connectivity index (χ1) is 6.75. The van der Waals surface area contributed by atoms with Gasteiger partial charge in [-0.25, -0.2) is 0 Å². The van der Waals surface area contributed by atoms with E-state index in [1.807, 2.05) is 11.2 Å². The molecule has 74 valence electrons. The molecule has 0 N–H and O–H groups in total. The van der Waals surface area contributed by atoms with E-state index in [0.29, 0.717) is 12.3 Å². The molecule has 0 atom stereocenters. The van der Waals surface area contributed by atoms with Crippen molar-refractivity contribution in [2.75, 3.05) is 6.54 Å². The molecule has 6 nitrogen and oxygen atoms in total. The highest BCUT2D eigenvalue weighted by molar-refractivity contribution is 5.58. The van der Waals surface area contributed by atoms with Crippen LogP contribution in [0.3, 0.4) is 0 Å². The van der Waals surface area contributed by atoms with E-state index in [4.69, 9.17) is 4.42 Å². The molecule has 2 rings (SSSR count). The topological polar surface area (TPSA) is 71.9 Å². The van der Waals surface area contributed by atoms with Crippen LogP contribution in [0.2, 0.25) is 0 Å². The minimum absolute atomic E-state index is 0.219. The fourth-order valence-corrected chi connectivity index (χ4v) is 1.29. The minimum atomic E-state index is -0.545. The first-order valence-electron chi connectivity index (χ1n) is 4.26. The third kappa shape index (κ3) is 1.73. The second kappa shape index (κ2) is 3.49. The fourth-order valence-electron chi connectivity index (χ4n) is 1.29. The average Bonchev–Trinajstić information content (AvgIpc) is 2.75. The SMILES string of the molecule is O=[N+]([O-])c1ccc(CN2CCC=N2)o1. The lowest BCUT2D eigenvalue weighted by Crippen LogP contribution is -2.12. The maximum Gasteiger partial charge on any atom is 0.433 e. The molecule has 0 saturated heterocycles. The predicted molar refractivity (Wildman–Crippen MR) is 48.9 cm³/mol. The minimum Gasteiger partial charge on any atom is -0.404 e. The molecule has 0 aromatic carbocycles. The van der Waals surface area contributed by atoms with E-state index in [1.54, 1.807) is 6.07 Å². The van der Waals surface area contributed by atoms with Gasteiger partial charge in [-0.1, -0.05) is 0 Å². The Morgan fingerprint density at radius 1 is 1.64 bits per heavy atom. The number of hydrogen-bond donors (Lipinski definition) is 0. The average molecular weight is 195 g/mol. The molecule has 0 unspecified atom stereocenters. The summed E-state index contributed by atoms with van der Waals surface area (Å²) in [5.41, 5.74) is 0. The van der Waals surface area contributed by atoms with Gasteiger partial charge in [-0.05, 0) is 6.07 Å². The van der Waals surface area contributed by atoms with Crippen LogP contribution >= 0.6 is 0 Å². The van der Waals surface area contributed by atoms with E-state index in [-0.39, 0.29) is 5.88 Å². The zero-order valence-corrected chi connectivity index (χ0v) is 7.42. The second-order valence-electron chi connectivity index (χ2n) is 2.97. The van der Waals surface area contributed by atoms with Crippen LogP contribution in [0.5, 0.6) is 0 Å². The zero-order chi connectivity index (χ0) is 9.97. The van der Waals surface area contributed by atoms with Crippen molar-refractivity contribution in [3.8, 4) is 0 Å². The molecule has 0 aliphatic carbocycles. The van der Waals surface area contributed by atoms with Crippen LogP contribution in [0.25, 0.3) is 0 Å². The van der Waals surface area contributed by atoms with Crippen LogP contribution in [-0.4, -0.2) is 22.7 Å². The van der Waals surface area contributed by atoms with Gasteiger partial charge in [0, 0.05) is 19.2 Å². The van der Waals surface area contributed by atoms with Crippen molar-refractivity contribution in [2.45, 2.75) is 13.0 Å². The van der Waals surface area contributed by atoms with E-state index in [9.17, 15) is 10.1 Å². The summed E-state index contributed by atoms with van der Waals surface area (Å²) >= 11 is 0. The summed E-state index contributed by atoms with van der Waals surface area (Å²) in [6.45, 7) is 1.33. The molecular weight excluding hydrogens is 186 g/mol. The summed E-state index contributed by atoms with van der Waals surface area (Å²) in [5.74, 6) is 0.346. The molecule has 1 aromatic heterocycles. The van der Waals surface area contributed by atoms with Crippen LogP contribution in [0.1, 0.15) is 12.2 Å². The van der Waals surface area contributed by atoms with E-state index < -0.39 is 4.92 Å². The summed E-state index contributed by atoms with van der Waals surface area (Å²) in [4.78, 5) is 9.78. The zero-order valence-electron chi connectivity index (χ0n) is 7.42. The standard InChI is InChI=1S/C8H9N3O3/c12-11(13)8-3-2-7(14-8)6-10-5-1-4-9-10/h2-4H,1,5-6H2. The van der Waals surface area contributed by atoms with Crippen molar-refractivity contribution < 1.29 is 9.34 Å². The Morgan fingerprint density at radius 2 is 2.50 bits per heavy atom. The molecule has 1 aliphatic rings. The molecule has 1 aliphatic heterocycles. The predicted octanol–water partition coefficient (Wildman–Crippen LogP) is 1.38. The lowest BCUT2D eigenvalue weighted by atomic mass is 10.4. The summed E-state index contributed by atoms with van der Waals surface area (Å²) in [6, 6.07) is 2.96. The quantitative estimate of drug-likeness (QED) is 0.539. The summed E-state index contributed by atoms with van der Waals surface area (Å²) in [5, 5.41) is 16.2. The van der Waals surface area contributed by atoms with Crippen LogP contribution in [0.15, 0.2) is 21.7 Å². The van der Waals surface area contributed by atoms with Crippen LogP contribution in [0, 0.1) is 10.1 Å². The van der Waals surface area contributed by atoms with Gasteiger partial charge in [0.25, 0.3) is 0 Å². The molecule has 0 bridgehead atoms. The smallest absolute Gasteiger partial charge is 0.404 e. The number of hydrogen-bond acceptors (Lipinski definition) is 5. The van der Waals surface area contributed by atoms with Crippen molar-refractivity contribution in [3.63, 3.8) is 0 Å². The van der Waals surface area contributed by atoms with Crippen molar-refractivity contribution in [2.24, 2.45) is 5.10 Å². The highest BCUT2D eigenvalue weighted by atomic mass is 16.6. The lowest BCUT2D eigenvalue weighted by Gasteiger charge is -2.10. The van der Waals surface area contributed by atoms with Gasteiger partial charge in [-0.15, -0.1) is 0 Å². The van der Waals surface area contributed by atoms with Gasteiger partial charge >= 0.3 is 5.88 Å². The molecule has 1 aromatic rings. The number of rotatable bonds is 3. The molecule has 2 heterocycles. The third-order valence-electron chi connectivity index (χ3n) is 1.93. The van der Waals surface area contributed by atoms with Crippen LogP contribution in [-0.2, 0) is 6.54 Å². The molecule has 0 saturated carbocycles. The fraction of sp³-hybridized carbons (Fsp3) is 0.375. The van der Waals surface area contributed by atoms with Crippen LogP contribution in [0.4, 0.5) is 5.88 Å². The first-order valence-corrected chi connectivity index (χ1v) is 4.26. The Morgan fingerprint density at radius 3 is 3.07 bits per heavy atom. The van der Waals surface area contributed by atoms with Crippen molar-refractivity contribution >= 4 is 12.1 Å². The number of nitrogens with zero attached hydrogens (tertiary/aromatic N) is 3. The lowest BCUT2D eigenvalue weighted by molar-refractivity contribution is -0.402. The van der Waals surface area contributed by atoms with Crippen LogP contribution < -0.4 is 0 Å². The summed E-state index contributed by atoms with van der Waals surface area (Å²) < 4.78 is 4.99. The Bertz CT molecular complexity index is 372. The van der Waals surface area contributed by atoms with Gasteiger partial charge in [0.2, 0.25) is 0 Å². The third-order valence-corrected chi connectivity index (χ3v) is 1.93. The highest BCUT2D eigenvalue weighted by Gasteiger charge is 2.14. The Hall–Kier alpha value is -1.85. The molecule has 0 amide bonds. The van der Waals surface area contributed by atoms with E-state index in [2.05, 4.69) is 5.10 Å². The van der Waals surface area contributed by atoms with E-state index >= 15 is 0 Å². The number of furan rings is 1. The second-order valence-corrected chi connectivity index (χ2v) is 2.97. The normalized spacial score (nSPS) is 15.0. The largest absolute Gasteiger partial charge is 0.433 e. The van der Waals surface area contributed by atoms with Gasteiger partial charge in [-0.2, -0.15) is 5.10 Å². The number of nitro groups is 1. The monoisotopic (exact) mass is 195 g/mol. The van der Waals surface area contributed by atoms with Gasteiger partial charge < -0.3 is 4.42 Å². The molecule has 0 spiro atoms. The van der Waals surface area contributed by atoms with Gasteiger partial charge in [0.1, 0.15) is 10.7 Å². The molecular formula is C8H9N3O3.